The highest BCUT2D eigenvalue weighted by Gasteiger charge is 2.12. The molecule has 6 heteroatoms. The van der Waals surface area contributed by atoms with E-state index in [-0.39, 0.29) is 23.1 Å². The zero-order chi connectivity index (χ0) is 14.0. The van der Waals surface area contributed by atoms with Gasteiger partial charge in [0, 0.05) is 18.8 Å². The molecule has 5 nitrogen and oxygen atoms in total. The summed E-state index contributed by atoms with van der Waals surface area (Å²) in [6.07, 6.45) is 1.48. The lowest BCUT2D eigenvalue weighted by Gasteiger charge is -2.04. The molecule has 2 aromatic rings. The molecule has 0 aliphatic carbocycles. The Morgan fingerprint density at radius 3 is 2.63 bits per heavy atom. The molecule has 19 heavy (non-hydrogen) atoms. The highest BCUT2D eigenvalue weighted by molar-refractivity contribution is 5.94. The maximum atomic E-state index is 13.9. The molecular formula is C13H12FN3O2. The maximum Gasteiger partial charge on any atom is 0.271 e. The van der Waals surface area contributed by atoms with Crippen molar-refractivity contribution in [1.29, 1.82) is 0 Å². The molecule has 1 N–H and O–H groups in total. The van der Waals surface area contributed by atoms with Crippen molar-refractivity contribution in [1.82, 2.24) is 15.1 Å². The number of benzene rings is 1. The van der Waals surface area contributed by atoms with E-state index in [2.05, 4.69) is 10.4 Å². The summed E-state index contributed by atoms with van der Waals surface area (Å²) in [7, 11) is 1.49. The molecule has 0 unspecified atom stereocenters. The normalized spacial score (nSPS) is 10.3. The summed E-state index contributed by atoms with van der Waals surface area (Å²) in [4.78, 5) is 22.5. The van der Waals surface area contributed by atoms with Crippen LogP contribution in [-0.2, 0) is 0 Å². The largest absolute Gasteiger partial charge is 0.354 e. The van der Waals surface area contributed by atoms with Crippen LogP contribution in [0.3, 0.4) is 0 Å². The van der Waals surface area contributed by atoms with Crippen LogP contribution in [0.5, 0.6) is 0 Å². The number of hydrogen-bond acceptors (Lipinski definition) is 3. The number of hydrogen-bond donors (Lipinski definition) is 1. The Morgan fingerprint density at radius 2 is 2.05 bits per heavy atom. The molecule has 1 aromatic carbocycles. The Hall–Kier alpha value is -2.50. The SMILES string of the molecule is CNC(=O)c1ccn(-c2ccc(C(C)=O)cc2F)n1. The van der Waals surface area contributed by atoms with E-state index in [0.717, 1.165) is 6.07 Å². The first-order valence-corrected chi connectivity index (χ1v) is 5.61. The van der Waals surface area contributed by atoms with E-state index >= 15 is 0 Å². The molecule has 0 atom stereocenters. The number of aromatic nitrogens is 2. The highest BCUT2D eigenvalue weighted by Crippen LogP contribution is 2.15. The van der Waals surface area contributed by atoms with Crippen LogP contribution >= 0.6 is 0 Å². The van der Waals surface area contributed by atoms with E-state index in [1.807, 2.05) is 0 Å². The van der Waals surface area contributed by atoms with E-state index in [9.17, 15) is 14.0 Å². The molecule has 0 saturated heterocycles. The van der Waals surface area contributed by atoms with Crippen molar-refractivity contribution in [2.45, 2.75) is 6.92 Å². The fraction of sp³-hybridized carbons (Fsp3) is 0.154. The van der Waals surface area contributed by atoms with E-state index in [0.29, 0.717) is 5.56 Å². The Bertz CT molecular complexity index is 649. The van der Waals surface area contributed by atoms with Crippen LogP contribution in [0.25, 0.3) is 5.69 Å². The Labute approximate surface area is 109 Å². The quantitative estimate of drug-likeness (QED) is 0.853. The van der Waals surface area contributed by atoms with Gasteiger partial charge in [-0.05, 0) is 31.2 Å². The van der Waals surface area contributed by atoms with Crippen LogP contribution in [0.15, 0.2) is 30.5 Å². The predicted molar refractivity (Wildman–Crippen MR) is 66.9 cm³/mol. The molecular weight excluding hydrogens is 249 g/mol. The van der Waals surface area contributed by atoms with Crippen molar-refractivity contribution < 1.29 is 14.0 Å². The number of amides is 1. The number of carbonyl (C=O) groups excluding carboxylic acids is 2. The minimum Gasteiger partial charge on any atom is -0.354 e. The summed E-state index contributed by atoms with van der Waals surface area (Å²) in [6.45, 7) is 1.37. The van der Waals surface area contributed by atoms with Gasteiger partial charge in [0.15, 0.2) is 11.5 Å². The van der Waals surface area contributed by atoms with Gasteiger partial charge in [-0.15, -0.1) is 0 Å². The average molecular weight is 261 g/mol. The summed E-state index contributed by atoms with van der Waals surface area (Å²) < 4.78 is 15.1. The van der Waals surface area contributed by atoms with Gasteiger partial charge in [0.05, 0.1) is 0 Å². The Balaban J connectivity index is 2.39. The highest BCUT2D eigenvalue weighted by atomic mass is 19.1. The third-order valence-corrected chi connectivity index (χ3v) is 2.65. The van der Waals surface area contributed by atoms with Gasteiger partial charge in [0.2, 0.25) is 0 Å². The van der Waals surface area contributed by atoms with Gasteiger partial charge in [-0.3, -0.25) is 9.59 Å². The third-order valence-electron chi connectivity index (χ3n) is 2.65. The summed E-state index contributed by atoms with van der Waals surface area (Å²) in [6, 6.07) is 5.60. The van der Waals surface area contributed by atoms with Gasteiger partial charge >= 0.3 is 0 Å². The number of Topliss-reactive ketones (excluding diaryl/α,β-unsaturated/α-hetero) is 1. The van der Waals surface area contributed by atoms with Crippen molar-refractivity contribution in [3.63, 3.8) is 0 Å². The average Bonchev–Trinajstić information content (AvgIpc) is 2.87. The number of ketones is 1. The molecule has 2 rings (SSSR count). The van der Waals surface area contributed by atoms with Crippen LogP contribution in [0, 0.1) is 5.82 Å². The molecule has 0 saturated carbocycles. The van der Waals surface area contributed by atoms with E-state index in [1.165, 1.54) is 43.0 Å². The van der Waals surface area contributed by atoms with Crippen molar-refractivity contribution >= 4 is 11.7 Å². The molecule has 1 aromatic heterocycles. The summed E-state index contributed by atoms with van der Waals surface area (Å²) in [5, 5.41) is 6.40. The zero-order valence-electron chi connectivity index (χ0n) is 10.5. The lowest BCUT2D eigenvalue weighted by Crippen LogP contribution is -2.18. The topological polar surface area (TPSA) is 64.0 Å². The standard InChI is InChI=1S/C13H12FN3O2/c1-8(18)9-3-4-12(10(14)7-9)17-6-5-11(16-17)13(19)15-2/h3-7H,1-2H3,(H,15,19). The first kappa shape index (κ1) is 12.9. The predicted octanol–water partition coefficient (Wildman–Crippen LogP) is 1.57. The van der Waals surface area contributed by atoms with Gasteiger partial charge in [0.1, 0.15) is 11.5 Å². The number of nitrogens with zero attached hydrogens (tertiary/aromatic N) is 2. The molecule has 0 aliphatic rings. The van der Waals surface area contributed by atoms with Gasteiger partial charge < -0.3 is 5.32 Å². The third kappa shape index (κ3) is 2.52. The van der Waals surface area contributed by atoms with Gasteiger partial charge in [-0.25, -0.2) is 9.07 Å². The first-order chi connectivity index (χ1) is 9.02. The van der Waals surface area contributed by atoms with Gasteiger partial charge in [0.25, 0.3) is 5.91 Å². The maximum absolute atomic E-state index is 13.9. The zero-order valence-corrected chi connectivity index (χ0v) is 10.5. The lowest BCUT2D eigenvalue weighted by atomic mass is 10.1. The minimum atomic E-state index is -0.570. The fourth-order valence-corrected chi connectivity index (χ4v) is 1.62. The van der Waals surface area contributed by atoms with Crippen molar-refractivity contribution in [2.75, 3.05) is 7.05 Å². The van der Waals surface area contributed by atoms with Gasteiger partial charge in [-0.1, -0.05) is 0 Å². The summed E-state index contributed by atoms with van der Waals surface area (Å²) >= 11 is 0. The summed E-state index contributed by atoms with van der Waals surface area (Å²) in [5.41, 5.74) is 0.664. The molecule has 98 valence electrons. The fourth-order valence-electron chi connectivity index (χ4n) is 1.62. The second kappa shape index (κ2) is 5.01. The molecule has 1 amide bonds. The molecule has 0 bridgehead atoms. The van der Waals surface area contributed by atoms with Crippen molar-refractivity contribution in [3.8, 4) is 5.69 Å². The van der Waals surface area contributed by atoms with Gasteiger partial charge in [-0.2, -0.15) is 5.10 Å². The van der Waals surface area contributed by atoms with E-state index < -0.39 is 5.82 Å². The second-order valence-electron chi connectivity index (χ2n) is 3.95. The van der Waals surface area contributed by atoms with E-state index in [1.54, 1.807) is 0 Å². The number of nitrogens with one attached hydrogen (secondary N) is 1. The van der Waals surface area contributed by atoms with Crippen LogP contribution in [-0.4, -0.2) is 28.5 Å². The Kier molecular flexibility index (Phi) is 3.41. The smallest absolute Gasteiger partial charge is 0.271 e. The Morgan fingerprint density at radius 1 is 1.32 bits per heavy atom. The number of halogens is 1. The minimum absolute atomic E-state index is 0.181. The molecule has 0 spiro atoms. The lowest BCUT2D eigenvalue weighted by molar-refractivity contribution is 0.0956. The molecule has 0 aliphatic heterocycles. The van der Waals surface area contributed by atoms with E-state index in [4.69, 9.17) is 0 Å². The van der Waals surface area contributed by atoms with Crippen LogP contribution < -0.4 is 5.32 Å². The second-order valence-corrected chi connectivity index (χ2v) is 3.95. The first-order valence-electron chi connectivity index (χ1n) is 5.61. The number of carbonyl (C=O) groups is 2. The molecule has 0 radical (unpaired) electrons. The van der Waals surface area contributed by atoms with Crippen molar-refractivity contribution in [3.05, 3.63) is 47.5 Å². The van der Waals surface area contributed by atoms with Crippen LogP contribution in [0.4, 0.5) is 4.39 Å². The number of rotatable bonds is 3. The molecule has 0 fully saturated rings. The van der Waals surface area contributed by atoms with Crippen LogP contribution in [0.1, 0.15) is 27.8 Å². The molecule has 1 heterocycles. The van der Waals surface area contributed by atoms with Crippen LogP contribution in [0.2, 0.25) is 0 Å². The monoisotopic (exact) mass is 261 g/mol. The van der Waals surface area contributed by atoms with Crippen molar-refractivity contribution in [2.24, 2.45) is 0 Å². The summed E-state index contributed by atoms with van der Waals surface area (Å²) in [5.74, 6) is -1.13.